The van der Waals surface area contributed by atoms with E-state index in [9.17, 15) is 9.59 Å². The molecule has 4 heteroatoms. The Morgan fingerprint density at radius 2 is 0.909 bits per heavy atom. The fraction of sp³-hybridized carbons (Fsp3) is 0.750. The van der Waals surface area contributed by atoms with E-state index < -0.39 is 5.97 Å². The van der Waals surface area contributed by atoms with Crippen molar-refractivity contribution in [3.63, 3.8) is 0 Å². The van der Waals surface area contributed by atoms with Crippen molar-refractivity contribution in [2.75, 3.05) is 0 Å². The maximum Gasteiger partial charge on any atom is 0.306 e. The van der Waals surface area contributed by atoms with Gasteiger partial charge >= 0.3 is 11.9 Å². The number of ether oxygens (including phenoxy) is 1. The van der Waals surface area contributed by atoms with Crippen LogP contribution in [-0.2, 0) is 14.3 Å². The average molecular weight is 615 g/mol. The molecule has 1 atom stereocenters. The number of esters is 1. The number of hydrogen-bond acceptors (Lipinski definition) is 3. The quantitative estimate of drug-likeness (QED) is 0.0454. The van der Waals surface area contributed by atoms with Crippen LogP contribution in [-0.4, -0.2) is 23.1 Å². The number of hydrogen-bond donors (Lipinski definition) is 1. The summed E-state index contributed by atoms with van der Waals surface area (Å²) >= 11 is 0. The van der Waals surface area contributed by atoms with Gasteiger partial charge in [-0.05, 0) is 64.2 Å². The lowest BCUT2D eigenvalue weighted by Gasteiger charge is -2.17. The fourth-order valence-corrected chi connectivity index (χ4v) is 5.28. The Hall–Kier alpha value is -2.10. The molecule has 0 heterocycles. The Bertz CT molecular complexity index is 748. The van der Waals surface area contributed by atoms with Gasteiger partial charge in [0, 0.05) is 12.8 Å². The molecule has 44 heavy (non-hydrogen) atoms. The largest absolute Gasteiger partial charge is 0.481 e. The van der Waals surface area contributed by atoms with Crippen LogP contribution >= 0.6 is 0 Å². The molecule has 0 amide bonds. The maximum absolute atomic E-state index is 12.4. The minimum Gasteiger partial charge on any atom is -0.481 e. The molecular weight excluding hydrogens is 544 g/mol. The summed E-state index contributed by atoms with van der Waals surface area (Å²) in [6, 6.07) is 0. The third-order valence-electron chi connectivity index (χ3n) is 8.07. The number of carboxylic acid groups (broad SMARTS) is 1. The van der Waals surface area contributed by atoms with E-state index >= 15 is 0 Å². The molecule has 0 fully saturated rings. The molecule has 0 spiro atoms. The zero-order chi connectivity index (χ0) is 32.2. The van der Waals surface area contributed by atoms with Crippen LogP contribution in [0.3, 0.4) is 0 Å². The van der Waals surface area contributed by atoms with Gasteiger partial charge in [-0.15, -0.1) is 0 Å². The van der Waals surface area contributed by atoms with Gasteiger partial charge in [-0.25, -0.2) is 0 Å². The van der Waals surface area contributed by atoms with Crippen LogP contribution in [0.5, 0.6) is 0 Å². The highest BCUT2D eigenvalue weighted by atomic mass is 16.5. The molecule has 0 aromatic carbocycles. The van der Waals surface area contributed by atoms with Crippen LogP contribution in [0.25, 0.3) is 0 Å². The Balaban J connectivity index is 3.88. The summed E-state index contributed by atoms with van der Waals surface area (Å²) in [6.45, 7) is 4.50. The van der Waals surface area contributed by atoms with Gasteiger partial charge in [0.1, 0.15) is 6.10 Å². The van der Waals surface area contributed by atoms with Gasteiger partial charge in [0.05, 0.1) is 0 Å². The summed E-state index contributed by atoms with van der Waals surface area (Å²) in [5, 5.41) is 9.10. The van der Waals surface area contributed by atoms with Crippen LogP contribution in [0.1, 0.15) is 187 Å². The van der Waals surface area contributed by atoms with E-state index in [1.165, 1.54) is 103 Å². The van der Waals surface area contributed by atoms with E-state index in [-0.39, 0.29) is 18.5 Å². The first-order chi connectivity index (χ1) is 21.6. The van der Waals surface area contributed by atoms with E-state index in [1.54, 1.807) is 0 Å². The standard InChI is InChI=1S/C40H70O4/c1-3-5-7-9-11-13-15-17-19-20-21-23-25-27-29-31-33-35-40(43)44-38(36-37-39(41)42)34-32-30-28-26-24-22-18-16-14-12-10-8-6-4-2/h11,13,17,19,21,23,27,29,38H,3-10,12,14-16,18,20,22,24-26,28,30-37H2,1-2H3,(H,41,42)/b13-11-,19-17-,23-21-,29-27-. The molecule has 0 radical (unpaired) electrons. The van der Waals surface area contributed by atoms with Gasteiger partial charge in [0.25, 0.3) is 0 Å². The SMILES string of the molecule is CCCCC/C=C\C/C=C\C/C=C\C/C=C\CCCC(=O)OC(CCCCCCCCCCCCCCCC)CCC(=O)O. The number of carbonyl (C=O) groups excluding carboxylic acids is 1. The monoisotopic (exact) mass is 615 g/mol. The van der Waals surface area contributed by atoms with Gasteiger partial charge in [-0.2, -0.15) is 0 Å². The molecule has 1 unspecified atom stereocenters. The normalized spacial score (nSPS) is 12.8. The molecule has 254 valence electrons. The highest BCUT2D eigenvalue weighted by Crippen LogP contribution is 2.17. The molecule has 0 bridgehead atoms. The van der Waals surface area contributed by atoms with Crippen LogP contribution in [0, 0.1) is 0 Å². The number of carboxylic acids is 1. The topological polar surface area (TPSA) is 63.6 Å². The van der Waals surface area contributed by atoms with Crippen molar-refractivity contribution >= 4 is 11.9 Å². The lowest BCUT2D eigenvalue weighted by atomic mass is 10.0. The van der Waals surface area contributed by atoms with Crippen LogP contribution < -0.4 is 0 Å². The molecule has 0 aromatic heterocycles. The second kappa shape index (κ2) is 35.4. The number of aliphatic carboxylic acids is 1. The summed E-state index contributed by atoms with van der Waals surface area (Å²) in [4.78, 5) is 23.5. The van der Waals surface area contributed by atoms with Gasteiger partial charge in [-0.3, -0.25) is 9.59 Å². The Morgan fingerprint density at radius 3 is 1.39 bits per heavy atom. The molecule has 0 aliphatic heterocycles. The first-order valence-electron chi connectivity index (χ1n) is 18.6. The predicted octanol–water partition coefficient (Wildman–Crippen LogP) is 12.8. The highest BCUT2D eigenvalue weighted by molar-refractivity contribution is 5.70. The minimum absolute atomic E-state index is 0.0543. The third-order valence-corrected chi connectivity index (χ3v) is 8.07. The zero-order valence-corrected chi connectivity index (χ0v) is 29.0. The van der Waals surface area contributed by atoms with Gasteiger partial charge in [-0.1, -0.05) is 159 Å². The van der Waals surface area contributed by atoms with E-state index in [0.29, 0.717) is 12.8 Å². The summed E-state index contributed by atoms with van der Waals surface area (Å²) in [5.74, 6) is -1.02. The summed E-state index contributed by atoms with van der Waals surface area (Å²) < 4.78 is 5.70. The van der Waals surface area contributed by atoms with Crippen molar-refractivity contribution in [2.24, 2.45) is 0 Å². The van der Waals surface area contributed by atoms with Crippen molar-refractivity contribution in [1.29, 1.82) is 0 Å². The van der Waals surface area contributed by atoms with Crippen LogP contribution in [0.4, 0.5) is 0 Å². The van der Waals surface area contributed by atoms with Crippen LogP contribution in [0.15, 0.2) is 48.6 Å². The van der Waals surface area contributed by atoms with Crippen molar-refractivity contribution in [3.05, 3.63) is 48.6 Å². The molecule has 0 aromatic rings. The second-order valence-electron chi connectivity index (χ2n) is 12.4. The highest BCUT2D eigenvalue weighted by Gasteiger charge is 2.15. The van der Waals surface area contributed by atoms with Gasteiger partial charge in [0.2, 0.25) is 0 Å². The molecular formula is C40H70O4. The molecule has 1 N–H and O–H groups in total. The first-order valence-corrected chi connectivity index (χ1v) is 18.6. The molecule has 0 aliphatic carbocycles. The maximum atomic E-state index is 12.4. The smallest absolute Gasteiger partial charge is 0.306 e. The average Bonchev–Trinajstić information content (AvgIpc) is 3.01. The summed E-state index contributed by atoms with van der Waals surface area (Å²) in [6.07, 6.45) is 46.9. The molecule has 0 saturated carbocycles. The van der Waals surface area contributed by atoms with Crippen molar-refractivity contribution in [3.8, 4) is 0 Å². The molecule has 0 rings (SSSR count). The molecule has 0 aliphatic rings. The van der Waals surface area contributed by atoms with Crippen molar-refractivity contribution in [2.45, 2.75) is 193 Å². The van der Waals surface area contributed by atoms with Crippen molar-refractivity contribution < 1.29 is 19.4 Å². The van der Waals surface area contributed by atoms with E-state index in [0.717, 1.165) is 51.4 Å². The zero-order valence-electron chi connectivity index (χ0n) is 29.0. The number of carbonyl (C=O) groups is 2. The number of unbranched alkanes of at least 4 members (excludes halogenated alkanes) is 17. The molecule has 0 saturated heterocycles. The Morgan fingerprint density at radius 1 is 0.500 bits per heavy atom. The predicted molar refractivity (Wildman–Crippen MR) is 190 cm³/mol. The van der Waals surface area contributed by atoms with Crippen molar-refractivity contribution in [1.82, 2.24) is 0 Å². The van der Waals surface area contributed by atoms with Gasteiger partial charge < -0.3 is 9.84 Å². The first kappa shape index (κ1) is 41.9. The van der Waals surface area contributed by atoms with Crippen LogP contribution in [0.2, 0.25) is 0 Å². The van der Waals surface area contributed by atoms with E-state index in [2.05, 4.69) is 62.5 Å². The lowest BCUT2D eigenvalue weighted by molar-refractivity contribution is -0.151. The van der Waals surface area contributed by atoms with Gasteiger partial charge in [0.15, 0.2) is 0 Å². The van der Waals surface area contributed by atoms with E-state index in [1.807, 2.05) is 0 Å². The fourth-order valence-electron chi connectivity index (χ4n) is 5.28. The Labute approximate surface area is 272 Å². The summed E-state index contributed by atoms with van der Waals surface area (Å²) in [7, 11) is 0. The third kappa shape index (κ3) is 34.4. The lowest BCUT2D eigenvalue weighted by Crippen LogP contribution is -2.19. The number of rotatable bonds is 33. The summed E-state index contributed by atoms with van der Waals surface area (Å²) in [5.41, 5.74) is 0. The van der Waals surface area contributed by atoms with E-state index in [4.69, 9.17) is 9.84 Å². The second-order valence-corrected chi connectivity index (χ2v) is 12.4. The molecule has 4 nitrogen and oxygen atoms in total. The minimum atomic E-state index is -0.826. The Kier molecular flexibility index (Phi) is 33.7. The number of allylic oxidation sites excluding steroid dienone is 8.